The lowest BCUT2D eigenvalue weighted by Gasteiger charge is -2.28. The highest BCUT2D eigenvalue weighted by Crippen LogP contribution is 2.13. The molecule has 0 aromatic heterocycles. The fraction of sp³-hybridized carbons (Fsp3) is 0.833. The number of hydrogen-bond acceptors (Lipinski definition) is 3. The van der Waals surface area contributed by atoms with Gasteiger partial charge in [0, 0.05) is 13.1 Å². The van der Waals surface area contributed by atoms with Crippen molar-refractivity contribution in [1.82, 2.24) is 10.2 Å². The number of hydrogen-bond donors (Lipinski definition) is 2. The monoisotopic (exact) mass is 241 g/mol. The van der Waals surface area contributed by atoms with Gasteiger partial charge in [-0.05, 0) is 25.8 Å². The van der Waals surface area contributed by atoms with E-state index >= 15 is 0 Å². The average molecular weight is 241 g/mol. The molecule has 0 aliphatic carbocycles. The Balaban J connectivity index is 2.53. The van der Waals surface area contributed by atoms with Gasteiger partial charge in [-0.25, -0.2) is 0 Å². The van der Waals surface area contributed by atoms with Crippen molar-refractivity contribution in [3.05, 3.63) is 0 Å². The van der Waals surface area contributed by atoms with Gasteiger partial charge in [-0.1, -0.05) is 13.3 Å². The molecule has 1 rings (SSSR count). The molecule has 1 aliphatic heterocycles. The van der Waals surface area contributed by atoms with E-state index in [1.54, 1.807) is 4.90 Å². The van der Waals surface area contributed by atoms with Crippen molar-refractivity contribution in [3.63, 3.8) is 0 Å². The van der Waals surface area contributed by atoms with Crippen LogP contribution in [0.2, 0.25) is 0 Å². The first-order valence-corrected chi connectivity index (χ1v) is 6.43. The molecular formula is C12H23N3O2. The van der Waals surface area contributed by atoms with Crippen molar-refractivity contribution < 1.29 is 9.59 Å². The van der Waals surface area contributed by atoms with Crippen LogP contribution in [0.4, 0.5) is 0 Å². The third kappa shape index (κ3) is 4.73. The summed E-state index contributed by atoms with van der Waals surface area (Å²) in [6.07, 6.45) is 3.85. The molecule has 3 N–H and O–H groups in total. The van der Waals surface area contributed by atoms with E-state index in [1.165, 1.54) is 0 Å². The maximum Gasteiger partial charge on any atom is 0.237 e. The lowest BCUT2D eigenvalue weighted by Crippen LogP contribution is -2.46. The highest BCUT2D eigenvalue weighted by atomic mass is 16.2. The van der Waals surface area contributed by atoms with E-state index in [9.17, 15) is 9.59 Å². The fourth-order valence-electron chi connectivity index (χ4n) is 2.13. The van der Waals surface area contributed by atoms with Crippen molar-refractivity contribution in [2.45, 2.75) is 32.6 Å². The zero-order valence-corrected chi connectivity index (χ0v) is 10.6. The van der Waals surface area contributed by atoms with Crippen LogP contribution in [0.15, 0.2) is 0 Å². The predicted octanol–water partition coefficient (Wildman–Crippen LogP) is 0.100. The second-order valence-corrected chi connectivity index (χ2v) is 4.62. The number of carbonyl (C=O) groups excluding carboxylic acids is 2. The second-order valence-electron chi connectivity index (χ2n) is 4.62. The molecule has 98 valence electrons. The van der Waals surface area contributed by atoms with Crippen LogP contribution in [0, 0.1) is 5.92 Å². The van der Waals surface area contributed by atoms with Gasteiger partial charge in [0.1, 0.15) is 0 Å². The maximum absolute atomic E-state index is 12.2. The zero-order chi connectivity index (χ0) is 12.7. The third-order valence-corrected chi connectivity index (χ3v) is 3.09. The standard InChI is InChI=1S/C12H23N3O2/c1-2-3-7-15(9-11(13)16)12(17)10-5-4-6-14-8-10/h10,14H,2-9H2,1H3,(H2,13,16)/t10-/m1/s1. The predicted molar refractivity (Wildman–Crippen MR) is 66.3 cm³/mol. The van der Waals surface area contributed by atoms with E-state index < -0.39 is 5.91 Å². The minimum Gasteiger partial charge on any atom is -0.368 e. The third-order valence-electron chi connectivity index (χ3n) is 3.09. The summed E-state index contributed by atoms with van der Waals surface area (Å²) in [4.78, 5) is 24.8. The number of unbranched alkanes of at least 4 members (excludes halogenated alkanes) is 1. The van der Waals surface area contributed by atoms with E-state index in [0.717, 1.165) is 38.8 Å². The number of amides is 2. The molecule has 1 fully saturated rings. The van der Waals surface area contributed by atoms with E-state index in [-0.39, 0.29) is 18.4 Å². The summed E-state index contributed by atoms with van der Waals surface area (Å²) < 4.78 is 0. The number of nitrogens with one attached hydrogen (secondary N) is 1. The highest BCUT2D eigenvalue weighted by Gasteiger charge is 2.26. The SMILES string of the molecule is CCCCN(CC(N)=O)C(=O)[C@@H]1CCCNC1. The molecule has 0 unspecified atom stereocenters. The topological polar surface area (TPSA) is 75.4 Å². The largest absolute Gasteiger partial charge is 0.368 e. The van der Waals surface area contributed by atoms with Gasteiger partial charge in [-0.15, -0.1) is 0 Å². The normalized spacial score (nSPS) is 19.9. The van der Waals surface area contributed by atoms with Crippen LogP contribution < -0.4 is 11.1 Å². The molecule has 1 saturated heterocycles. The molecular weight excluding hydrogens is 218 g/mol. The van der Waals surface area contributed by atoms with Crippen molar-refractivity contribution in [1.29, 1.82) is 0 Å². The van der Waals surface area contributed by atoms with Gasteiger partial charge in [-0.2, -0.15) is 0 Å². The van der Waals surface area contributed by atoms with Crippen molar-refractivity contribution in [3.8, 4) is 0 Å². The molecule has 0 spiro atoms. The van der Waals surface area contributed by atoms with Gasteiger partial charge in [0.2, 0.25) is 11.8 Å². The Hall–Kier alpha value is -1.10. The molecule has 0 aromatic carbocycles. The maximum atomic E-state index is 12.2. The van der Waals surface area contributed by atoms with E-state index in [0.29, 0.717) is 6.54 Å². The van der Waals surface area contributed by atoms with Gasteiger partial charge in [0.25, 0.3) is 0 Å². The lowest BCUT2D eigenvalue weighted by atomic mass is 9.98. The Morgan fingerprint density at radius 2 is 2.24 bits per heavy atom. The average Bonchev–Trinajstić information content (AvgIpc) is 2.34. The molecule has 2 amide bonds. The second kappa shape index (κ2) is 7.27. The lowest BCUT2D eigenvalue weighted by molar-refractivity contribution is -0.139. The first kappa shape index (κ1) is 14.0. The molecule has 1 heterocycles. The van der Waals surface area contributed by atoms with Gasteiger partial charge < -0.3 is 16.0 Å². The van der Waals surface area contributed by atoms with E-state index in [1.807, 2.05) is 0 Å². The first-order valence-electron chi connectivity index (χ1n) is 6.43. The van der Waals surface area contributed by atoms with Gasteiger partial charge in [0.05, 0.1) is 12.5 Å². The number of primary amides is 1. The zero-order valence-electron chi connectivity index (χ0n) is 10.6. The number of nitrogens with zero attached hydrogens (tertiary/aromatic N) is 1. The molecule has 5 heteroatoms. The van der Waals surface area contributed by atoms with Gasteiger partial charge in [-0.3, -0.25) is 9.59 Å². The smallest absolute Gasteiger partial charge is 0.237 e. The van der Waals surface area contributed by atoms with E-state index in [4.69, 9.17) is 5.73 Å². The molecule has 0 saturated carbocycles. The van der Waals surface area contributed by atoms with Crippen LogP contribution in [0.3, 0.4) is 0 Å². The van der Waals surface area contributed by atoms with Crippen LogP contribution in [0.5, 0.6) is 0 Å². The van der Waals surface area contributed by atoms with Gasteiger partial charge in [0.15, 0.2) is 0 Å². The minimum atomic E-state index is -0.432. The summed E-state index contributed by atoms with van der Waals surface area (Å²) in [5.41, 5.74) is 5.18. The quantitative estimate of drug-likeness (QED) is 0.692. The Kier molecular flexibility index (Phi) is 5.97. The molecule has 0 bridgehead atoms. The van der Waals surface area contributed by atoms with Gasteiger partial charge >= 0.3 is 0 Å². The molecule has 1 atom stereocenters. The number of nitrogens with two attached hydrogens (primary N) is 1. The molecule has 0 aromatic rings. The summed E-state index contributed by atoms with van der Waals surface area (Å²) in [6, 6.07) is 0. The summed E-state index contributed by atoms with van der Waals surface area (Å²) >= 11 is 0. The Bertz CT molecular complexity index is 262. The van der Waals surface area contributed by atoms with Crippen LogP contribution in [0.1, 0.15) is 32.6 Å². The van der Waals surface area contributed by atoms with Crippen molar-refractivity contribution in [2.24, 2.45) is 11.7 Å². The van der Waals surface area contributed by atoms with Crippen molar-refractivity contribution >= 4 is 11.8 Å². The number of carbonyl (C=O) groups is 2. The highest BCUT2D eigenvalue weighted by molar-refractivity contribution is 5.85. The fourth-order valence-corrected chi connectivity index (χ4v) is 2.13. The minimum absolute atomic E-state index is 0.0138. The van der Waals surface area contributed by atoms with Crippen LogP contribution >= 0.6 is 0 Å². The molecule has 1 aliphatic rings. The van der Waals surface area contributed by atoms with Crippen LogP contribution in [0.25, 0.3) is 0 Å². The molecule has 0 radical (unpaired) electrons. The number of rotatable bonds is 6. The van der Waals surface area contributed by atoms with E-state index in [2.05, 4.69) is 12.2 Å². The first-order chi connectivity index (χ1) is 8.15. The van der Waals surface area contributed by atoms with Crippen molar-refractivity contribution in [2.75, 3.05) is 26.2 Å². The molecule has 17 heavy (non-hydrogen) atoms. The molecule has 5 nitrogen and oxygen atoms in total. The summed E-state index contributed by atoms with van der Waals surface area (Å²) in [7, 11) is 0. The summed E-state index contributed by atoms with van der Waals surface area (Å²) in [6.45, 7) is 4.45. The Labute approximate surface area is 103 Å². The van der Waals surface area contributed by atoms with Crippen LogP contribution in [-0.2, 0) is 9.59 Å². The van der Waals surface area contributed by atoms with Crippen LogP contribution in [-0.4, -0.2) is 42.9 Å². The Morgan fingerprint density at radius 1 is 1.47 bits per heavy atom. The summed E-state index contributed by atoms with van der Waals surface area (Å²) in [5.74, 6) is -0.345. The summed E-state index contributed by atoms with van der Waals surface area (Å²) in [5, 5.41) is 3.22. The number of piperidine rings is 1. The Morgan fingerprint density at radius 3 is 2.76 bits per heavy atom.